The smallest absolute Gasteiger partial charge is 0.382 e. The van der Waals surface area contributed by atoms with Crippen LogP contribution in [0.15, 0.2) is 42.6 Å². The number of anilines is 2. The second kappa shape index (κ2) is 8.41. The van der Waals surface area contributed by atoms with Gasteiger partial charge in [0.15, 0.2) is 6.10 Å². The molecule has 3 aromatic heterocycles. The van der Waals surface area contributed by atoms with Gasteiger partial charge in [0.05, 0.1) is 5.56 Å². The molecule has 0 aliphatic rings. The lowest BCUT2D eigenvalue weighted by Crippen LogP contribution is -2.22. The van der Waals surface area contributed by atoms with Crippen LogP contribution in [0.1, 0.15) is 38.6 Å². The number of carbonyl (C=O) groups is 1. The fraction of sp³-hybridized carbons (Fsp3) is 0.217. The van der Waals surface area contributed by atoms with Crippen LogP contribution in [0.25, 0.3) is 16.8 Å². The molecule has 1 aromatic carbocycles. The number of imidazole rings is 1. The van der Waals surface area contributed by atoms with E-state index in [1.54, 1.807) is 13.8 Å². The van der Waals surface area contributed by atoms with Crippen molar-refractivity contribution in [3.8, 4) is 11.3 Å². The summed E-state index contributed by atoms with van der Waals surface area (Å²) in [5, 5.41) is 12.7. The Morgan fingerprint density at radius 2 is 2.00 bits per heavy atom. The first-order chi connectivity index (χ1) is 17.2. The molecular weight excluding hydrogens is 449 g/mol. The van der Waals surface area contributed by atoms with Crippen LogP contribution in [-0.2, 0) is 11.0 Å². The van der Waals surface area contributed by atoms with Gasteiger partial charge in [0.2, 0.25) is 0 Å². The second-order valence-electron chi connectivity index (χ2n) is 7.60. The van der Waals surface area contributed by atoms with E-state index < -0.39 is 30.6 Å². The number of hydrogen-bond donors (Lipinski definition) is 3. The summed E-state index contributed by atoms with van der Waals surface area (Å²) in [5.74, 6) is -1.12. The first-order valence-corrected chi connectivity index (χ1v) is 9.96. The van der Waals surface area contributed by atoms with Gasteiger partial charge >= 0.3 is 6.18 Å². The average molecular weight is 473 g/mol. The van der Waals surface area contributed by atoms with Crippen molar-refractivity contribution in [1.82, 2.24) is 19.4 Å². The number of aliphatic hydroxyl groups is 1. The lowest BCUT2D eigenvalue weighted by Gasteiger charge is -2.14. The monoisotopic (exact) mass is 473 g/mol. The minimum atomic E-state index is -4.63. The van der Waals surface area contributed by atoms with Gasteiger partial charge in [-0.1, -0.05) is 12.1 Å². The molecule has 34 heavy (non-hydrogen) atoms. The van der Waals surface area contributed by atoms with Crippen molar-refractivity contribution in [2.75, 3.05) is 11.1 Å². The first-order valence-electron chi connectivity index (χ1n) is 11.5. The summed E-state index contributed by atoms with van der Waals surface area (Å²) >= 11 is 0. The molecule has 0 fully saturated rings. The van der Waals surface area contributed by atoms with E-state index in [0.717, 1.165) is 12.1 Å². The largest absolute Gasteiger partial charge is 0.416 e. The number of aliphatic hydroxyl groups excluding tert-OH is 1. The van der Waals surface area contributed by atoms with Gasteiger partial charge in [0.1, 0.15) is 28.7 Å². The number of carbonyl (C=O) groups excluding carboxylic acids is 1. The minimum Gasteiger partial charge on any atom is -0.382 e. The molecule has 8 nitrogen and oxygen atoms in total. The molecule has 0 saturated carbocycles. The topological polar surface area (TPSA) is 118 Å². The standard InChI is InChI=1S/C23H21F3N6O2/c1-11-10-28-21(27)19-18(30-13(3)32(11)19)16-7-8-17(29-12(16)2)31-22(34)20(33)14-5-4-6-15(9-14)23(24,25)26/h4-10,20,33H,1-3H3,(H2,27,28)(H,29,31,34)/t20-/m0/s1/i3D3. The number of hydrogen-bond acceptors (Lipinski definition) is 6. The van der Waals surface area contributed by atoms with Crippen LogP contribution in [0.5, 0.6) is 0 Å². The molecule has 4 rings (SSSR count). The summed E-state index contributed by atoms with van der Waals surface area (Å²) in [6, 6.07) is 6.74. The Balaban J connectivity index is 1.67. The molecule has 0 spiro atoms. The predicted molar refractivity (Wildman–Crippen MR) is 120 cm³/mol. The molecule has 1 atom stereocenters. The summed E-state index contributed by atoms with van der Waals surface area (Å²) in [7, 11) is 0. The lowest BCUT2D eigenvalue weighted by atomic mass is 10.1. The number of benzene rings is 1. The van der Waals surface area contributed by atoms with E-state index in [9.17, 15) is 23.1 Å². The van der Waals surface area contributed by atoms with Crippen LogP contribution < -0.4 is 11.1 Å². The Morgan fingerprint density at radius 1 is 1.24 bits per heavy atom. The van der Waals surface area contributed by atoms with Crippen molar-refractivity contribution in [1.29, 1.82) is 0 Å². The number of nitrogens with one attached hydrogen (secondary N) is 1. The fourth-order valence-electron chi connectivity index (χ4n) is 3.58. The van der Waals surface area contributed by atoms with E-state index in [4.69, 9.17) is 9.85 Å². The highest BCUT2D eigenvalue weighted by molar-refractivity contribution is 5.94. The highest BCUT2D eigenvalue weighted by Crippen LogP contribution is 2.32. The van der Waals surface area contributed by atoms with Crippen molar-refractivity contribution in [2.24, 2.45) is 0 Å². The molecule has 0 bridgehead atoms. The normalized spacial score (nSPS) is 14.4. The maximum Gasteiger partial charge on any atom is 0.416 e. The van der Waals surface area contributed by atoms with Crippen molar-refractivity contribution >= 4 is 23.1 Å². The zero-order chi connectivity index (χ0) is 27.3. The zero-order valence-electron chi connectivity index (χ0n) is 21.0. The zero-order valence-corrected chi connectivity index (χ0v) is 18.0. The molecule has 4 N–H and O–H groups in total. The Hall–Kier alpha value is -3.99. The molecule has 0 aliphatic heterocycles. The van der Waals surface area contributed by atoms with E-state index in [1.807, 2.05) is 0 Å². The number of aryl methyl sites for hydroxylation is 3. The Bertz CT molecular complexity index is 1520. The number of fused-ring (bicyclic) bond motifs is 1. The summed E-state index contributed by atoms with van der Waals surface area (Å²) in [6.07, 6.45) is -5.07. The van der Waals surface area contributed by atoms with Crippen LogP contribution in [0.3, 0.4) is 0 Å². The Kier molecular flexibility index (Phi) is 4.82. The van der Waals surface area contributed by atoms with Crippen LogP contribution >= 0.6 is 0 Å². The number of alkyl halides is 3. The van der Waals surface area contributed by atoms with Crippen molar-refractivity contribution in [2.45, 2.75) is 33.0 Å². The van der Waals surface area contributed by atoms with Gasteiger partial charge in [-0.2, -0.15) is 13.2 Å². The third kappa shape index (κ3) is 4.17. The number of rotatable bonds is 4. The number of nitrogens with two attached hydrogens (primary N) is 1. The minimum absolute atomic E-state index is 0.0131. The molecule has 0 unspecified atom stereocenters. The molecular formula is C23H21F3N6O2. The van der Waals surface area contributed by atoms with E-state index in [1.165, 1.54) is 28.8 Å². The number of aromatic nitrogens is 4. The molecule has 0 saturated heterocycles. The SMILES string of the molecule is [2H]C([2H])([2H])c1nc(-c2ccc(NC(=O)[C@@H](O)c3cccc(C(F)(F)F)c3)nc2C)c2c(N)ncc(C)n12. The van der Waals surface area contributed by atoms with Crippen LogP contribution in [0.4, 0.5) is 24.8 Å². The molecule has 0 aliphatic carbocycles. The molecule has 0 radical (unpaired) electrons. The van der Waals surface area contributed by atoms with E-state index >= 15 is 0 Å². The van der Waals surface area contributed by atoms with Gasteiger partial charge in [-0.3, -0.25) is 9.20 Å². The number of amides is 1. The van der Waals surface area contributed by atoms with Gasteiger partial charge in [-0.05, 0) is 50.5 Å². The van der Waals surface area contributed by atoms with Gasteiger partial charge in [-0.25, -0.2) is 15.0 Å². The van der Waals surface area contributed by atoms with Gasteiger partial charge in [0, 0.05) is 27.3 Å². The highest BCUT2D eigenvalue weighted by atomic mass is 19.4. The van der Waals surface area contributed by atoms with Gasteiger partial charge in [0.25, 0.3) is 5.91 Å². The molecule has 4 aromatic rings. The summed E-state index contributed by atoms with van der Waals surface area (Å²) in [5.41, 5.74) is 6.61. The van der Waals surface area contributed by atoms with Crippen molar-refractivity contribution < 1.29 is 27.2 Å². The second-order valence-corrected chi connectivity index (χ2v) is 7.60. The van der Waals surface area contributed by atoms with Crippen LogP contribution in [0.2, 0.25) is 0 Å². The molecule has 1 amide bonds. The maximum absolute atomic E-state index is 13.0. The Morgan fingerprint density at radius 3 is 2.68 bits per heavy atom. The maximum atomic E-state index is 13.0. The van der Waals surface area contributed by atoms with E-state index in [2.05, 4.69) is 20.3 Å². The molecule has 11 heteroatoms. The summed E-state index contributed by atoms with van der Waals surface area (Å²) in [4.78, 5) is 25.2. The predicted octanol–water partition coefficient (Wildman–Crippen LogP) is 3.99. The summed E-state index contributed by atoms with van der Waals surface area (Å²) in [6.45, 7) is 0.710. The summed E-state index contributed by atoms with van der Waals surface area (Å²) < 4.78 is 63.9. The van der Waals surface area contributed by atoms with Gasteiger partial charge < -0.3 is 16.2 Å². The van der Waals surface area contributed by atoms with E-state index in [-0.39, 0.29) is 34.2 Å². The van der Waals surface area contributed by atoms with Crippen LogP contribution in [0, 0.1) is 20.7 Å². The first kappa shape index (κ1) is 19.5. The highest BCUT2D eigenvalue weighted by Gasteiger charge is 2.31. The van der Waals surface area contributed by atoms with Gasteiger partial charge in [-0.15, -0.1) is 0 Å². The third-order valence-electron chi connectivity index (χ3n) is 5.23. The Labute approximate surface area is 196 Å². The third-order valence-corrected chi connectivity index (χ3v) is 5.23. The van der Waals surface area contributed by atoms with E-state index in [0.29, 0.717) is 23.0 Å². The van der Waals surface area contributed by atoms with Crippen molar-refractivity contribution in [3.05, 3.63) is 70.9 Å². The quantitative estimate of drug-likeness (QED) is 0.413. The number of halogens is 3. The lowest BCUT2D eigenvalue weighted by molar-refractivity contribution is -0.138. The van der Waals surface area contributed by atoms with Crippen LogP contribution in [-0.4, -0.2) is 30.4 Å². The molecule has 176 valence electrons. The fourth-order valence-corrected chi connectivity index (χ4v) is 3.58. The number of nitrogen functional groups attached to an aromatic ring is 1. The van der Waals surface area contributed by atoms with Crippen molar-refractivity contribution in [3.63, 3.8) is 0 Å². The molecule has 3 heterocycles. The average Bonchev–Trinajstić information content (AvgIpc) is 3.23. The number of nitrogens with zero attached hydrogens (tertiary/aromatic N) is 4. The number of pyridine rings is 1.